The van der Waals surface area contributed by atoms with Gasteiger partial charge in [-0.1, -0.05) is 55.5 Å². The molecule has 2 N–H and O–H groups in total. The number of carbonyl (C=O) groups excluding carboxylic acids is 1. The average molecular weight is 411 g/mol. The summed E-state index contributed by atoms with van der Waals surface area (Å²) < 4.78 is 11.3. The van der Waals surface area contributed by atoms with Crippen LogP contribution in [-0.2, 0) is 14.3 Å². The minimum atomic E-state index is -1.19. The quantitative estimate of drug-likeness (QED) is 0.697. The fraction of sp³-hybridized carbons (Fsp3) is 0.417. The van der Waals surface area contributed by atoms with E-state index in [9.17, 15) is 14.7 Å². The lowest BCUT2D eigenvalue weighted by atomic mass is 9.98. The number of ether oxygens (including phenoxy) is 2. The van der Waals surface area contributed by atoms with Crippen molar-refractivity contribution in [2.24, 2.45) is 0 Å². The third kappa shape index (κ3) is 4.82. The molecule has 0 bridgehead atoms. The van der Waals surface area contributed by atoms with Crippen LogP contribution in [-0.4, -0.2) is 41.5 Å². The lowest BCUT2D eigenvalue weighted by Crippen LogP contribution is -2.51. The van der Waals surface area contributed by atoms with Gasteiger partial charge in [0, 0.05) is 5.92 Å². The Kier molecular flexibility index (Phi) is 6.46. The lowest BCUT2D eigenvalue weighted by Gasteiger charge is -2.31. The van der Waals surface area contributed by atoms with E-state index in [1.807, 2.05) is 64.1 Å². The van der Waals surface area contributed by atoms with Crippen LogP contribution in [0.15, 0.2) is 48.5 Å². The van der Waals surface area contributed by atoms with E-state index in [1.165, 1.54) is 0 Å². The summed E-state index contributed by atoms with van der Waals surface area (Å²) in [5.74, 6) is -1.24. The van der Waals surface area contributed by atoms with Gasteiger partial charge in [-0.15, -0.1) is 0 Å². The van der Waals surface area contributed by atoms with Gasteiger partial charge in [-0.25, -0.2) is 9.59 Å². The topological polar surface area (TPSA) is 84.9 Å². The first-order valence-electron chi connectivity index (χ1n) is 10.2. The molecule has 2 aromatic carbocycles. The molecule has 30 heavy (non-hydrogen) atoms. The van der Waals surface area contributed by atoms with E-state index in [1.54, 1.807) is 0 Å². The number of alkyl carbamates (subject to hydrolysis) is 1. The molecule has 0 aliphatic heterocycles. The number of carboxylic acid groups (broad SMARTS) is 1. The third-order valence-corrected chi connectivity index (χ3v) is 5.16. The summed E-state index contributed by atoms with van der Waals surface area (Å²) in [6, 6.07) is 14.9. The second-order valence-corrected chi connectivity index (χ2v) is 8.46. The van der Waals surface area contributed by atoms with Crippen molar-refractivity contribution in [2.45, 2.75) is 57.8 Å². The summed E-state index contributed by atoms with van der Waals surface area (Å²) in [7, 11) is 0. The molecule has 0 aromatic heterocycles. The molecule has 2 aromatic rings. The summed E-state index contributed by atoms with van der Waals surface area (Å²) in [6.45, 7) is 7.50. The smallest absolute Gasteiger partial charge is 0.407 e. The van der Waals surface area contributed by atoms with Gasteiger partial charge in [0.05, 0.1) is 11.7 Å². The minimum Gasteiger partial charge on any atom is -0.480 e. The molecule has 0 saturated carbocycles. The maximum atomic E-state index is 12.5. The van der Waals surface area contributed by atoms with Crippen molar-refractivity contribution in [2.75, 3.05) is 6.61 Å². The highest BCUT2D eigenvalue weighted by Gasteiger charge is 2.34. The zero-order valence-electron chi connectivity index (χ0n) is 17.8. The van der Waals surface area contributed by atoms with Crippen LogP contribution in [0.3, 0.4) is 0 Å². The molecule has 3 rings (SSSR count). The Morgan fingerprint density at radius 2 is 1.57 bits per heavy atom. The fourth-order valence-corrected chi connectivity index (χ4v) is 3.92. The molecule has 0 unspecified atom stereocenters. The number of carboxylic acids is 1. The molecule has 0 fully saturated rings. The number of carbonyl (C=O) groups is 2. The van der Waals surface area contributed by atoms with E-state index in [4.69, 9.17) is 9.47 Å². The lowest BCUT2D eigenvalue weighted by molar-refractivity contribution is -0.148. The van der Waals surface area contributed by atoms with Crippen molar-refractivity contribution in [1.82, 2.24) is 5.32 Å². The van der Waals surface area contributed by atoms with E-state index in [-0.39, 0.29) is 12.5 Å². The van der Waals surface area contributed by atoms with Crippen LogP contribution in [0.4, 0.5) is 4.79 Å². The van der Waals surface area contributed by atoms with Gasteiger partial charge in [0.25, 0.3) is 0 Å². The molecule has 0 radical (unpaired) electrons. The molecule has 6 nitrogen and oxygen atoms in total. The number of hydrogen-bond donors (Lipinski definition) is 2. The van der Waals surface area contributed by atoms with Crippen LogP contribution in [0.5, 0.6) is 0 Å². The number of nitrogens with one attached hydrogen (secondary N) is 1. The Morgan fingerprint density at radius 1 is 1.03 bits per heavy atom. The van der Waals surface area contributed by atoms with Gasteiger partial charge < -0.3 is 19.9 Å². The van der Waals surface area contributed by atoms with Crippen molar-refractivity contribution in [1.29, 1.82) is 0 Å². The van der Waals surface area contributed by atoms with Gasteiger partial charge in [-0.05, 0) is 49.4 Å². The second kappa shape index (κ2) is 8.88. The van der Waals surface area contributed by atoms with Gasteiger partial charge in [-0.3, -0.25) is 0 Å². The number of benzene rings is 2. The van der Waals surface area contributed by atoms with Crippen LogP contribution >= 0.6 is 0 Å². The molecule has 0 spiro atoms. The summed E-state index contributed by atoms with van der Waals surface area (Å²) in [5.41, 5.74) is 3.94. The number of amides is 1. The molecule has 6 heteroatoms. The van der Waals surface area contributed by atoms with Gasteiger partial charge in [0.15, 0.2) is 6.04 Å². The number of aliphatic carboxylic acids is 1. The van der Waals surface area contributed by atoms with Crippen LogP contribution < -0.4 is 5.32 Å². The normalized spacial score (nSPS) is 15.1. The van der Waals surface area contributed by atoms with Crippen LogP contribution in [0.2, 0.25) is 0 Å². The monoisotopic (exact) mass is 411 g/mol. The van der Waals surface area contributed by atoms with Crippen molar-refractivity contribution in [3.8, 4) is 11.1 Å². The molecular weight excluding hydrogens is 382 g/mol. The highest BCUT2D eigenvalue weighted by Crippen LogP contribution is 2.44. The van der Waals surface area contributed by atoms with Crippen LogP contribution in [0.25, 0.3) is 11.1 Å². The Bertz CT molecular complexity index is 872. The van der Waals surface area contributed by atoms with E-state index in [0.717, 1.165) is 22.3 Å². The highest BCUT2D eigenvalue weighted by atomic mass is 16.6. The van der Waals surface area contributed by atoms with E-state index in [0.29, 0.717) is 6.42 Å². The number of rotatable bonds is 7. The van der Waals surface area contributed by atoms with Crippen LogP contribution in [0.1, 0.15) is 51.2 Å². The van der Waals surface area contributed by atoms with Crippen LogP contribution in [0, 0.1) is 0 Å². The Balaban J connectivity index is 1.70. The molecule has 1 amide bonds. The first-order chi connectivity index (χ1) is 14.2. The molecule has 2 atom stereocenters. The molecule has 1 aliphatic rings. The summed E-state index contributed by atoms with van der Waals surface area (Å²) >= 11 is 0. The first-order valence-corrected chi connectivity index (χ1v) is 10.2. The molecule has 160 valence electrons. The maximum Gasteiger partial charge on any atom is 0.407 e. The number of hydrogen-bond acceptors (Lipinski definition) is 4. The second-order valence-electron chi connectivity index (χ2n) is 8.46. The SMILES string of the molecule is CC[C@H](OC(C)(C)C)[C@H](NC(=O)OCC1c2ccccc2-c2ccccc21)C(=O)O. The average Bonchev–Trinajstić information content (AvgIpc) is 3.02. The predicted octanol–water partition coefficient (Wildman–Crippen LogP) is 4.57. The zero-order valence-corrected chi connectivity index (χ0v) is 17.8. The maximum absolute atomic E-state index is 12.5. The van der Waals surface area contributed by atoms with Gasteiger partial charge in [0.1, 0.15) is 6.61 Å². The molecule has 1 aliphatic carbocycles. The van der Waals surface area contributed by atoms with Gasteiger partial charge in [0.2, 0.25) is 0 Å². The van der Waals surface area contributed by atoms with Crippen molar-refractivity contribution in [3.63, 3.8) is 0 Å². The van der Waals surface area contributed by atoms with E-state index < -0.39 is 29.8 Å². The number of fused-ring (bicyclic) bond motifs is 3. The van der Waals surface area contributed by atoms with Crippen molar-refractivity contribution < 1.29 is 24.2 Å². The standard InChI is InChI=1S/C24H29NO5/c1-5-20(30-24(2,3)4)21(22(26)27)25-23(28)29-14-19-17-12-8-6-10-15(17)16-11-7-9-13-18(16)19/h6-13,19-21H,5,14H2,1-4H3,(H,25,28)(H,26,27)/t20-,21-/m0/s1. The van der Waals surface area contributed by atoms with E-state index in [2.05, 4.69) is 17.4 Å². The highest BCUT2D eigenvalue weighted by molar-refractivity contribution is 5.81. The molecule has 0 saturated heterocycles. The van der Waals surface area contributed by atoms with E-state index >= 15 is 0 Å². The third-order valence-electron chi connectivity index (χ3n) is 5.16. The molecular formula is C24H29NO5. The summed E-state index contributed by atoms with van der Waals surface area (Å²) in [6.07, 6.45) is -0.985. The first kappa shape index (κ1) is 21.8. The summed E-state index contributed by atoms with van der Waals surface area (Å²) in [4.78, 5) is 24.2. The Morgan fingerprint density at radius 3 is 2.03 bits per heavy atom. The minimum absolute atomic E-state index is 0.0841. The Hall–Kier alpha value is -2.86. The fourth-order valence-electron chi connectivity index (χ4n) is 3.92. The van der Waals surface area contributed by atoms with Crippen molar-refractivity contribution in [3.05, 3.63) is 59.7 Å². The Labute approximate surface area is 177 Å². The largest absolute Gasteiger partial charge is 0.480 e. The zero-order chi connectivity index (χ0) is 21.9. The molecule has 0 heterocycles. The summed E-state index contributed by atoms with van der Waals surface area (Å²) in [5, 5.41) is 12.1. The van der Waals surface area contributed by atoms with Gasteiger partial charge in [-0.2, -0.15) is 0 Å². The van der Waals surface area contributed by atoms with Gasteiger partial charge >= 0.3 is 12.1 Å². The van der Waals surface area contributed by atoms with Crippen molar-refractivity contribution >= 4 is 12.1 Å². The predicted molar refractivity (Wildman–Crippen MR) is 115 cm³/mol.